The van der Waals surface area contributed by atoms with Gasteiger partial charge in [0, 0.05) is 17.1 Å². The maximum absolute atomic E-state index is 14.0. The number of carboxylic acids is 1. The third-order valence-corrected chi connectivity index (χ3v) is 8.46. The summed E-state index contributed by atoms with van der Waals surface area (Å²) in [6.45, 7) is 9.92. The van der Waals surface area contributed by atoms with Crippen LogP contribution in [0.1, 0.15) is 71.2 Å². The Bertz CT molecular complexity index is 1890. The van der Waals surface area contributed by atoms with Gasteiger partial charge in [0.25, 0.3) is 5.56 Å². The molecule has 4 aromatic rings. The molecule has 0 bridgehead atoms. The highest BCUT2D eigenvalue weighted by Gasteiger charge is 2.33. The fourth-order valence-corrected chi connectivity index (χ4v) is 6.33. The molecule has 8 nitrogen and oxygen atoms in total. The third kappa shape index (κ3) is 4.97. The predicted octanol–water partition coefficient (Wildman–Crippen LogP) is 4.64. The van der Waals surface area contributed by atoms with Gasteiger partial charge in [-0.1, -0.05) is 49.4 Å². The number of hydrogen-bond acceptors (Lipinski definition) is 6. The van der Waals surface area contributed by atoms with Crippen molar-refractivity contribution in [3.8, 4) is 5.69 Å². The minimum atomic E-state index is -0.978. The van der Waals surface area contributed by atoms with Crippen molar-refractivity contribution in [2.24, 2.45) is 4.99 Å². The molecule has 0 radical (unpaired) electrons. The summed E-state index contributed by atoms with van der Waals surface area (Å²) >= 11 is 1.28. The van der Waals surface area contributed by atoms with E-state index in [1.165, 1.54) is 18.4 Å². The van der Waals surface area contributed by atoms with E-state index in [1.54, 1.807) is 35.8 Å². The first-order valence-corrected chi connectivity index (χ1v) is 14.1. The van der Waals surface area contributed by atoms with Crippen LogP contribution in [0.3, 0.4) is 0 Å². The van der Waals surface area contributed by atoms with Crippen molar-refractivity contribution in [2.75, 3.05) is 7.11 Å². The van der Waals surface area contributed by atoms with Gasteiger partial charge in [-0.2, -0.15) is 0 Å². The largest absolute Gasteiger partial charge is 0.478 e. The number of ether oxygens (including phenoxy) is 1. The number of carboxylic acid groups (broad SMARTS) is 1. The Morgan fingerprint density at radius 2 is 1.71 bits per heavy atom. The lowest BCUT2D eigenvalue weighted by atomic mass is 9.93. The number of aromatic carboxylic acids is 1. The van der Waals surface area contributed by atoms with Gasteiger partial charge in [0.2, 0.25) is 0 Å². The average Bonchev–Trinajstić information content (AvgIpc) is 3.41. The first-order valence-electron chi connectivity index (χ1n) is 13.2. The Kier molecular flexibility index (Phi) is 7.40. The lowest BCUT2D eigenvalue weighted by molar-refractivity contribution is -0.136. The standard InChI is InChI=1S/C32H31N3O5S/c1-17(2)21-7-9-22(10-8-21)28-27(31(39)40-6)19(4)33-32-35(28)29(36)26(41-32)16-24-15-18(3)34(20(24)5)25-13-11-23(12-14-25)30(37)38/h7-17,28H,1-6H3,(H,37,38)/t28-/m1/s1. The van der Waals surface area contributed by atoms with Crippen LogP contribution in [0, 0.1) is 13.8 Å². The molecule has 0 amide bonds. The number of esters is 1. The van der Waals surface area contributed by atoms with Crippen LogP contribution < -0.4 is 14.9 Å². The normalized spacial score (nSPS) is 15.2. The fraction of sp³-hybridized carbons (Fsp3) is 0.250. The Balaban J connectivity index is 1.65. The van der Waals surface area contributed by atoms with Gasteiger partial charge in [-0.3, -0.25) is 9.36 Å². The number of carbonyl (C=O) groups is 2. The number of nitrogens with zero attached hydrogens (tertiary/aromatic N) is 3. The molecule has 2 aromatic carbocycles. The number of benzene rings is 2. The predicted molar refractivity (Wildman–Crippen MR) is 159 cm³/mol. The number of methoxy groups -OCH3 is 1. The second kappa shape index (κ2) is 10.8. The van der Waals surface area contributed by atoms with Crippen LogP contribution >= 0.6 is 11.3 Å². The number of thiazole rings is 1. The zero-order valence-electron chi connectivity index (χ0n) is 23.8. The molecule has 2 aromatic heterocycles. The van der Waals surface area contributed by atoms with Gasteiger partial charge in [-0.15, -0.1) is 0 Å². The van der Waals surface area contributed by atoms with E-state index in [4.69, 9.17) is 4.74 Å². The lowest BCUT2D eigenvalue weighted by Gasteiger charge is -2.24. The van der Waals surface area contributed by atoms with Crippen LogP contribution in [0.5, 0.6) is 0 Å². The SMILES string of the molecule is COC(=O)C1=C(C)N=c2sc(=Cc3cc(C)n(-c4ccc(C(=O)O)cc4)c3C)c(=O)n2[C@@H]1c1ccc(C(C)C)cc1. The van der Waals surface area contributed by atoms with Crippen LogP contribution in [0.4, 0.5) is 0 Å². The second-order valence-electron chi connectivity index (χ2n) is 10.4. The van der Waals surface area contributed by atoms with E-state index in [-0.39, 0.29) is 11.1 Å². The molecule has 41 heavy (non-hydrogen) atoms. The Morgan fingerprint density at radius 3 is 2.29 bits per heavy atom. The van der Waals surface area contributed by atoms with Crippen LogP contribution in [0.25, 0.3) is 11.8 Å². The van der Waals surface area contributed by atoms with Crippen molar-refractivity contribution < 1.29 is 19.4 Å². The van der Waals surface area contributed by atoms with Crippen LogP contribution in [0.15, 0.2) is 75.7 Å². The van der Waals surface area contributed by atoms with E-state index < -0.39 is 18.0 Å². The molecule has 1 atom stereocenters. The first kappa shape index (κ1) is 28.0. The van der Waals surface area contributed by atoms with E-state index in [0.29, 0.717) is 26.5 Å². The van der Waals surface area contributed by atoms with Crippen LogP contribution in [-0.2, 0) is 9.53 Å². The molecule has 0 saturated carbocycles. The highest BCUT2D eigenvalue weighted by atomic mass is 32.1. The van der Waals surface area contributed by atoms with Gasteiger partial charge in [-0.05, 0) is 79.8 Å². The molecule has 0 unspecified atom stereocenters. The van der Waals surface area contributed by atoms with E-state index in [2.05, 4.69) is 18.8 Å². The molecule has 1 N–H and O–H groups in total. The fourth-order valence-electron chi connectivity index (χ4n) is 5.30. The van der Waals surface area contributed by atoms with Crippen LogP contribution in [0.2, 0.25) is 0 Å². The lowest BCUT2D eigenvalue weighted by Crippen LogP contribution is -2.39. The summed E-state index contributed by atoms with van der Waals surface area (Å²) in [4.78, 5) is 43.3. The highest BCUT2D eigenvalue weighted by molar-refractivity contribution is 7.07. The van der Waals surface area contributed by atoms with E-state index in [0.717, 1.165) is 33.8 Å². The zero-order valence-corrected chi connectivity index (χ0v) is 24.6. The minimum Gasteiger partial charge on any atom is -0.478 e. The number of hydrogen-bond donors (Lipinski definition) is 1. The molecule has 1 aliphatic heterocycles. The molecule has 210 valence electrons. The van der Waals surface area contributed by atoms with Crippen molar-refractivity contribution in [1.82, 2.24) is 9.13 Å². The summed E-state index contributed by atoms with van der Waals surface area (Å²) in [7, 11) is 1.33. The van der Waals surface area contributed by atoms with Gasteiger partial charge in [0.15, 0.2) is 4.80 Å². The first-order chi connectivity index (χ1) is 19.5. The summed E-state index contributed by atoms with van der Waals surface area (Å²) in [5.41, 5.74) is 6.33. The summed E-state index contributed by atoms with van der Waals surface area (Å²) in [6, 6.07) is 16.0. The van der Waals surface area contributed by atoms with Crippen LogP contribution in [-0.4, -0.2) is 33.3 Å². The zero-order chi connectivity index (χ0) is 29.6. The van der Waals surface area contributed by atoms with Crippen molar-refractivity contribution in [3.05, 3.63) is 119 Å². The summed E-state index contributed by atoms with van der Waals surface area (Å²) in [5.74, 6) is -1.15. The number of rotatable bonds is 6. The quantitative estimate of drug-likeness (QED) is 0.341. The number of aryl methyl sites for hydroxylation is 1. The summed E-state index contributed by atoms with van der Waals surface area (Å²) < 4.78 is 9.22. The Hall–Kier alpha value is -4.50. The second-order valence-corrected chi connectivity index (χ2v) is 11.4. The topological polar surface area (TPSA) is 103 Å². The molecule has 9 heteroatoms. The number of allylic oxidation sites excluding steroid dienone is 1. The third-order valence-electron chi connectivity index (χ3n) is 7.48. The molecule has 0 aliphatic carbocycles. The minimum absolute atomic E-state index is 0.215. The van der Waals surface area contributed by atoms with E-state index in [1.807, 2.05) is 54.8 Å². The van der Waals surface area contributed by atoms with Crippen molar-refractivity contribution in [2.45, 2.75) is 46.6 Å². The molecule has 0 fully saturated rings. The summed E-state index contributed by atoms with van der Waals surface area (Å²) in [5, 5.41) is 9.24. The monoisotopic (exact) mass is 569 g/mol. The molecule has 5 rings (SSSR count). The van der Waals surface area contributed by atoms with Crippen molar-refractivity contribution in [3.63, 3.8) is 0 Å². The van der Waals surface area contributed by atoms with Gasteiger partial charge >= 0.3 is 11.9 Å². The molecule has 0 spiro atoms. The number of fused-ring (bicyclic) bond motifs is 1. The summed E-state index contributed by atoms with van der Waals surface area (Å²) in [6.07, 6.45) is 1.85. The Morgan fingerprint density at radius 1 is 1.05 bits per heavy atom. The molecule has 3 heterocycles. The maximum Gasteiger partial charge on any atom is 0.338 e. The molecular weight excluding hydrogens is 538 g/mol. The smallest absolute Gasteiger partial charge is 0.338 e. The molecule has 0 saturated heterocycles. The van der Waals surface area contributed by atoms with Gasteiger partial charge in [-0.25, -0.2) is 14.6 Å². The van der Waals surface area contributed by atoms with Gasteiger partial charge < -0.3 is 14.4 Å². The number of aromatic nitrogens is 2. The number of carbonyl (C=O) groups excluding carboxylic acids is 1. The maximum atomic E-state index is 14.0. The Labute approximate surface area is 241 Å². The van der Waals surface area contributed by atoms with Crippen molar-refractivity contribution in [1.29, 1.82) is 0 Å². The van der Waals surface area contributed by atoms with Gasteiger partial charge in [0.05, 0.1) is 34.5 Å². The molecular formula is C32H31N3O5S. The molecule has 1 aliphatic rings. The van der Waals surface area contributed by atoms with E-state index >= 15 is 0 Å². The van der Waals surface area contributed by atoms with Gasteiger partial charge in [0.1, 0.15) is 0 Å². The van der Waals surface area contributed by atoms with Crippen molar-refractivity contribution >= 4 is 29.4 Å². The van der Waals surface area contributed by atoms with E-state index in [9.17, 15) is 19.5 Å². The highest BCUT2D eigenvalue weighted by Crippen LogP contribution is 2.31. The average molecular weight is 570 g/mol.